The molecule has 0 aliphatic heterocycles. The number of sulfone groups is 1. The Morgan fingerprint density at radius 2 is 1.85 bits per heavy atom. The van der Waals surface area contributed by atoms with Gasteiger partial charge in [-0.05, 0) is 49.8 Å². The summed E-state index contributed by atoms with van der Waals surface area (Å²) in [6, 6.07) is 8.87. The molecule has 1 aliphatic rings. The maximum absolute atomic E-state index is 13.0. The number of aryl methyl sites for hydroxylation is 2. The van der Waals surface area contributed by atoms with E-state index in [0.29, 0.717) is 30.4 Å². The van der Waals surface area contributed by atoms with Gasteiger partial charge in [-0.2, -0.15) is 0 Å². The van der Waals surface area contributed by atoms with Crippen molar-refractivity contribution in [2.45, 2.75) is 62.5 Å². The molecule has 0 atom stereocenters. The average molecular weight is 375 g/mol. The molecule has 0 spiro atoms. The van der Waals surface area contributed by atoms with Crippen molar-refractivity contribution < 1.29 is 18.6 Å². The summed E-state index contributed by atoms with van der Waals surface area (Å²) >= 11 is 0. The van der Waals surface area contributed by atoms with Crippen LogP contribution in [0.5, 0.6) is 11.5 Å². The van der Waals surface area contributed by atoms with Crippen molar-refractivity contribution in [3.8, 4) is 22.6 Å². The largest absolute Gasteiger partial charge is 0.507 e. The lowest BCUT2D eigenvalue weighted by Gasteiger charge is -2.17. The van der Waals surface area contributed by atoms with Crippen LogP contribution in [-0.4, -0.2) is 23.9 Å². The molecule has 3 rings (SSSR count). The number of hydrogen-bond acceptors (Lipinski definition) is 4. The molecule has 1 saturated carbocycles. The van der Waals surface area contributed by atoms with Crippen molar-refractivity contribution in [3.05, 3.63) is 41.5 Å². The van der Waals surface area contributed by atoms with E-state index < -0.39 is 15.1 Å². The van der Waals surface area contributed by atoms with Gasteiger partial charge in [0.15, 0.2) is 9.84 Å². The first-order valence-electron chi connectivity index (χ1n) is 9.25. The summed E-state index contributed by atoms with van der Waals surface area (Å²) in [6.45, 7) is 4.00. The predicted molar refractivity (Wildman–Crippen MR) is 103 cm³/mol. The molecule has 4 nitrogen and oxygen atoms in total. The minimum absolute atomic E-state index is 0.0189. The molecule has 0 unspecified atom stereocenters. The number of hydrogen-bond donors (Lipinski definition) is 2. The van der Waals surface area contributed by atoms with Gasteiger partial charge in [0.2, 0.25) is 0 Å². The third-order valence-corrected chi connectivity index (χ3v) is 7.29. The maximum Gasteiger partial charge on any atom is 0.185 e. The lowest BCUT2D eigenvalue weighted by atomic mass is 9.97. The normalized spacial score (nSPS) is 14.5. The van der Waals surface area contributed by atoms with E-state index in [1.54, 1.807) is 6.07 Å². The zero-order valence-electron chi connectivity index (χ0n) is 15.3. The summed E-state index contributed by atoms with van der Waals surface area (Å²) in [5.74, 6) is -0.386. The second-order valence-corrected chi connectivity index (χ2v) is 9.34. The first-order valence-corrected chi connectivity index (χ1v) is 10.8. The molecule has 0 bridgehead atoms. The van der Waals surface area contributed by atoms with Crippen LogP contribution in [0.25, 0.3) is 11.1 Å². The summed E-state index contributed by atoms with van der Waals surface area (Å²) in [4.78, 5) is 0.0189. The molecule has 1 fully saturated rings. The van der Waals surface area contributed by atoms with Crippen LogP contribution in [0.4, 0.5) is 0 Å². The lowest BCUT2D eigenvalue weighted by molar-refractivity contribution is 0.440. The standard InChI is InChI=1S/C21H26O4S/c1-3-4-5-8-16-13-18(22)19(15-9-6-7-14(2)12-15)20(23)21(16)26(24,25)17-10-11-17/h6-7,9,12-13,17,22-23H,3-5,8,10-11H2,1-2H3. The van der Waals surface area contributed by atoms with E-state index in [4.69, 9.17) is 0 Å². The summed E-state index contributed by atoms with van der Waals surface area (Å²) in [7, 11) is -3.58. The monoisotopic (exact) mass is 374 g/mol. The van der Waals surface area contributed by atoms with Gasteiger partial charge in [0.05, 0.1) is 10.8 Å². The SMILES string of the molecule is CCCCCc1cc(O)c(-c2cccc(C)c2)c(O)c1S(=O)(=O)C1CC1. The minimum Gasteiger partial charge on any atom is -0.507 e. The predicted octanol–water partition coefficient (Wildman–Crippen LogP) is 4.74. The minimum atomic E-state index is -3.58. The van der Waals surface area contributed by atoms with Crippen molar-refractivity contribution >= 4 is 9.84 Å². The highest BCUT2D eigenvalue weighted by Gasteiger charge is 2.40. The second-order valence-electron chi connectivity index (χ2n) is 7.18. The van der Waals surface area contributed by atoms with Crippen LogP contribution in [-0.2, 0) is 16.3 Å². The molecule has 1 aliphatic carbocycles. The lowest BCUT2D eigenvalue weighted by Crippen LogP contribution is -2.11. The fraction of sp³-hybridized carbons (Fsp3) is 0.429. The molecule has 0 amide bonds. The van der Waals surface area contributed by atoms with Crippen molar-refractivity contribution in [3.63, 3.8) is 0 Å². The van der Waals surface area contributed by atoms with Crippen molar-refractivity contribution in [2.24, 2.45) is 0 Å². The van der Waals surface area contributed by atoms with E-state index in [1.165, 1.54) is 6.07 Å². The number of rotatable bonds is 7. The zero-order chi connectivity index (χ0) is 18.9. The van der Waals surface area contributed by atoms with Gasteiger partial charge in [-0.15, -0.1) is 0 Å². The van der Waals surface area contributed by atoms with Gasteiger partial charge in [0.1, 0.15) is 16.4 Å². The van der Waals surface area contributed by atoms with Crippen LogP contribution in [0.2, 0.25) is 0 Å². The molecule has 0 heterocycles. The van der Waals surface area contributed by atoms with Crippen LogP contribution in [0, 0.1) is 6.92 Å². The van der Waals surface area contributed by atoms with Crippen LogP contribution in [0.3, 0.4) is 0 Å². The first kappa shape index (κ1) is 18.8. The number of phenolic OH excluding ortho intramolecular Hbond substituents is 2. The van der Waals surface area contributed by atoms with Gasteiger partial charge < -0.3 is 10.2 Å². The molecule has 5 heteroatoms. The highest BCUT2D eigenvalue weighted by Crippen LogP contribution is 2.47. The van der Waals surface area contributed by atoms with E-state index >= 15 is 0 Å². The molecular weight excluding hydrogens is 348 g/mol. The molecule has 0 saturated heterocycles. The number of aromatic hydroxyl groups is 2. The zero-order valence-corrected chi connectivity index (χ0v) is 16.1. The molecule has 0 aromatic heterocycles. The highest BCUT2D eigenvalue weighted by atomic mass is 32.2. The molecule has 0 radical (unpaired) electrons. The van der Waals surface area contributed by atoms with E-state index in [-0.39, 0.29) is 22.0 Å². The van der Waals surface area contributed by atoms with Gasteiger partial charge in [-0.25, -0.2) is 8.42 Å². The number of phenols is 2. The van der Waals surface area contributed by atoms with Crippen molar-refractivity contribution in [1.82, 2.24) is 0 Å². The number of unbranched alkanes of at least 4 members (excludes halogenated alkanes) is 2. The Kier molecular flexibility index (Phi) is 5.28. The smallest absolute Gasteiger partial charge is 0.185 e. The molecule has 2 aromatic rings. The molecule has 2 aromatic carbocycles. The van der Waals surface area contributed by atoms with E-state index in [9.17, 15) is 18.6 Å². The first-order chi connectivity index (χ1) is 12.4. The second kappa shape index (κ2) is 7.31. The third-order valence-electron chi connectivity index (χ3n) is 4.91. The summed E-state index contributed by atoms with van der Waals surface area (Å²) in [6.07, 6.45) is 4.62. The fourth-order valence-electron chi connectivity index (χ4n) is 3.39. The van der Waals surface area contributed by atoms with Crippen molar-refractivity contribution in [2.75, 3.05) is 0 Å². The number of benzene rings is 2. The highest BCUT2D eigenvalue weighted by molar-refractivity contribution is 7.92. The van der Waals surface area contributed by atoms with E-state index in [2.05, 4.69) is 6.92 Å². The summed E-state index contributed by atoms with van der Waals surface area (Å²) in [5, 5.41) is 21.1. The summed E-state index contributed by atoms with van der Waals surface area (Å²) < 4.78 is 26.0. The Morgan fingerprint density at radius 1 is 1.12 bits per heavy atom. The van der Waals surface area contributed by atoms with E-state index in [1.807, 2.05) is 25.1 Å². The van der Waals surface area contributed by atoms with E-state index in [0.717, 1.165) is 24.8 Å². The van der Waals surface area contributed by atoms with Crippen LogP contribution in [0.15, 0.2) is 35.2 Å². The maximum atomic E-state index is 13.0. The van der Waals surface area contributed by atoms with Gasteiger partial charge >= 0.3 is 0 Å². The Hall–Kier alpha value is -2.01. The van der Waals surface area contributed by atoms with Crippen molar-refractivity contribution in [1.29, 1.82) is 0 Å². The Labute approximate surface area is 155 Å². The topological polar surface area (TPSA) is 74.6 Å². The van der Waals surface area contributed by atoms with Gasteiger partial charge in [0, 0.05) is 0 Å². The Balaban J connectivity index is 2.19. The quantitative estimate of drug-likeness (QED) is 0.686. The van der Waals surface area contributed by atoms with Gasteiger partial charge in [-0.3, -0.25) is 0 Å². The van der Waals surface area contributed by atoms with Crippen LogP contribution >= 0.6 is 0 Å². The van der Waals surface area contributed by atoms with Crippen LogP contribution in [0.1, 0.15) is 50.2 Å². The molecular formula is C21H26O4S. The fourth-order valence-corrected chi connectivity index (χ4v) is 5.38. The third kappa shape index (κ3) is 3.58. The molecule has 26 heavy (non-hydrogen) atoms. The van der Waals surface area contributed by atoms with Crippen LogP contribution < -0.4 is 0 Å². The summed E-state index contributed by atoms with van der Waals surface area (Å²) in [5.41, 5.74) is 2.32. The van der Waals surface area contributed by atoms with Gasteiger partial charge in [0.25, 0.3) is 0 Å². The Bertz CT molecular complexity index is 912. The average Bonchev–Trinajstić information content (AvgIpc) is 3.40. The van der Waals surface area contributed by atoms with Gasteiger partial charge in [-0.1, -0.05) is 49.6 Å². The Morgan fingerprint density at radius 3 is 2.46 bits per heavy atom. The molecule has 140 valence electrons. The molecule has 2 N–H and O–H groups in total.